The molecule has 1 amide bonds. The van der Waals surface area contributed by atoms with Gasteiger partial charge in [-0.25, -0.2) is 0 Å². The van der Waals surface area contributed by atoms with Gasteiger partial charge < -0.3 is 9.80 Å². The molecule has 36 heavy (non-hydrogen) atoms. The highest BCUT2D eigenvalue weighted by atomic mass is 16.2. The molecule has 2 heterocycles. The second-order valence-electron chi connectivity index (χ2n) is 9.48. The number of hydrogen-bond acceptors (Lipinski definition) is 4. The van der Waals surface area contributed by atoms with Crippen molar-refractivity contribution in [3.05, 3.63) is 111 Å². The maximum absolute atomic E-state index is 13.3. The number of aromatic nitrogens is 2. The van der Waals surface area contributed by atoms with Gasteiger partial charge in [-0.1, -0.05) is 54.6 Å². The fourth-order valence-electron chi connectivity index (χ4n) is 5.06. The number of benzene rings is 3. The topological polar surface area (TPSA) is 67.5 Å². The van der Waals surface area contributed by atoms with E-state index >= 15 is 0 Å². The van der Waals surface area contributed by atoms with Gasteiger partial charge in [-0.2, -0.15) is 0 Å². The molecule has 0 bridgehead atoms. The zero-order valence-electron chi connectivity index (χ0n) is 20.6. The van der Waals surface area contributed by atoms with Gasteiger partial charge in [0.1, 0.15) is 6.54 Å². The molecule has 7 nitrogen and oxygen atoms in total. The highest BCUT2D eigenvalue weighted by Gasteiger charge is 2.28. The van der Waals surface area contributed by atoms with Crippen LogP contribution in [0.4, 0.5) is 5.69 Å². The van der Waals surface area contributed by atoms with Gasteiger partial charge in [0.05, 0.1) is 17.6 Å². The zero-order chi connectivity index (χ0) is 25.2. The van der Waals surface area contributed by atoms with Crippen molar-refractivity contribution in [2.45, 2.75) is 33.0 Å². The van der Waals surface area contributed by atoms with E-state index in [0.29, 0.717) is 37.2 Å². The molecule has 1 aliphatic heterocycles. The fourth-order valence-corrected chi connectivity index (χ4v) is 5.06. The van der Waals surface area contributed by atoms with Gasteiger partial charge in [-0.15, -0.1) is 0 Å². The summed E-state index contributed by atoms with van der Waals surface area (Å²) in [6.45, 7) is 6.16. The summed E-state index contributed by atoms with van der Waals surface area (Å²) >= 11 is 0. The Bertz CT molecular complexity index is 1520. The van der Waals surface area contributed by atoms with Crippen molar-refractivity contribution in [2.75, 3.05) is 24.5 Å². The Morgan fingerprint density at radius 3 is 2.19 bits per heavy atom. The van der Waals surface area contributed by atoms with E-state index < -0.39 is 11.1 Å². The maximum Gasteiger partial charge on any atom is 0.317 e. The SMILES string of the molecule is Cc1cccc(N2CCN(C(=O)Cn3c(=O)c(=O)n(Cc4ccccc4)c4ccccc43)CC2C)c1. The molecule has 5 rings (SSSR count). The molecule has 0 N–H and O–H groups in total. The van der Waals surface area contributed by atoms with Crippen molar-refractivity contribution >= 4 is 22.6 Å². The molecule has 184 valence electrons. The summed E-state index contributed by atoms with van der Waals surface area (Å²) in [5.74, 6) is -0.154. The van der Waals surface area contributed by atoms with E-state index in [1.807, 2.05) is 54.6 Å². The molecule has 1 unspecified atom stereocenters. The number of anilines is 1. The van der Waals surface area contributed by atoms with Gasteiger partial charge >= 0.3 is 11.1 Å². The molecule has 3 aromatic carbocycles. The summed E-state index contributed by atoms with van der Waals surface area (Å²) in [5, 5.41) is 0. The molecule has 4 aromatic rings. The molecule has 1 fully saturated rings. The predicted octanol–water partition coefficient (Wildman–Crippen LogP) is 3.26. The second-order valence-corrected chi connectivity index (χ2v) is 9.48. The Kier molecular flexibility index (Phi) is 6.46. The number of hydrogen-bond donors (Lipinski definition) is 0. The molecule has 0 aliphatic carbocycles. The monoisotopic (exact) mass is 482 g/mol. The van der Waals surface area contributed by atoms with Crippen LogP contribution in [0.5, 0.6) is 0 Å². The van der Waals surface area contributed by atoms with E-state index in [2.05, 4.69) is 36.9 Å². The first-order valence-corrected chi connectivity index (χ1v) is 12.3. The molecule has 7 heteroatoms. The normalized spacial score (nSPS) is 15.9. The minimum atomic E-state index is -0.676. The minimum absolute atomic E-state index is 0.136. The highest BCUT2D eigenvalue weighted by Crippen LogP contribution is 2.22. The van der Waals surface area contributed by atoms with Crippen molar-refractivity contribution < 1.29 is 4.79 Å². The third-order valence-electron chi connectivity index (χ3n) is 6.93. The summed E-state index contributed by atoms with van der Waals surface area (Å²) in [7, 11) is 0. The number of amides is 1. The Morgan fingerprint density at radius 2 is 1.50 bits per heavy atom. The minimum Gasteiger partial charge on any atom is -0.365 e. The van der Waals surface area contributed by atoms with E-state index in [9.17, 15) is 14.4 Å². The van der Waals surface area contributed by atoms with Crippen molar-refractivity contribution in [1.82, 2.24) is 14.0 Å². The summed E-state index contributed by atoms with van der Waals surface area (Å²) in [6.07, 6.45) is 0. The van der Waals surface area contributed by atoms with Crippen LogP contribution in [-0.4, -0.2) is 45.6 Å². The standard InChI is InChI=1S/C29H30N4O3/c1-21-9-8-12-24(17-21)31-16-15-30(18-22(31)2)27(34)20-33-26-14-7-6-13-25(26)32(28(35)29(33)36)19-23-10-4-3-5-11-23/h3-14,17,22H,15-16,18-20H2,1-2H3. The van der Waals surface area contributed by atoms with Crippen LogP contribution in [0.3, 0.4) is 0 Å². The van der Waals surface area contributed by atoms with Crippen LogP contribution >= 0.6 is 0 Å². The molecule has 0 spiro atoms. The second kappa shape index (κ2) is 9.85. The van der Waals surface area contributed by atoms with Crippen LogP contribution in [0.1, 0.15) is 18.1 Å². The quantitative estimate of drug-likeness (QED) is 0.410. The number of piperazine rings is 1. The van der Waals surface area contributed by atoms with Gasteiger partial charge in [0.15, 0.2) is 0 Å². The summed E-state index contributed by atoms with van der Waals surface area (Å²) in [6, 6.07) is 25.4. The van der Waals surface area contributed by atoms with Crippen LogP contribution < -0.4 is 16.0 Å². The Morgan fingerprint density at radius 1 is 0.833 bits per heavy atom. The van der Waals surface area contributed by atoms with Crippen LogP contribution in [0, 0.1) is 6.92 Å². The molecule has 1 aromatic heterocycles. The maximum atomic E-state index is 13.3. The molecular weight excluding hydrogens is 452 g/mol. The molecule has 0 radical (unpaired) electrons. The van der Waals surface area contributed by atoms with Crippen LogP contribution in [0.15, 0.2) is 88.5 Å². The summed E-state index contributed by atoms with van der Waals surface area (Å²) < 4.78 is 2.83. The number of fused-ring (bicyclic) bond motifs is 1. The van der Waals surface area contributed by atoms with Crippen LogP contribution in [-0.2, 0) is 17.9 Å². The first-order chi connectivity index (χ1) is 17.4. The smallest absolute Gasteiger partial charge is 0.317 e. The molecule has 1 saturated heterocycles. The predicted molar refractivity (Wildman–Crippen MR) is 143 cm³/mol. The van der Waals surface area contributed by atoms with E-state index in [0.717, 1.165) is 11.3 Å². The average molecular weight is 483 g/mol. The van der Waals surface area contributed by atoms with Crippen LogP contribution in [0.2, 0.25) is 0 Å². The number of nitrogens with zero attached hydrogens (tertiary/aromatic N) is 4. The number of rotatable bonds is 5. The van der Waals surface area contributed by atoms with Gasteiger partial charge in [0, 0.05) is 31.4 Å². The fraction of sp³-hybridized carbons (Fsp3) is 0.276. The van der Waals surface area contributed by atoms with E-state index in [4.69, 9.17) is 0 Å². The van der Waals surface area contributed by atoms with Gasteiger partial charge in [-0.05, 0) is 49.2 Å². The lowest BCUT2D eigenvalue weighted by Gasteiger charge is -2.41. The largest absolute Gasteiger partial charge is 0.365 e. The number of aryl methyl sites for hydroxylation is 1. The number of carbonyl (C=O) groups excluding carboxylic acids is 1. The molecular formula is C29H30N4O3. The third-order valence-corrected chi connectivity index (χ3v) is 6.93. The Balaban J connectivity index is 1.40. The van der Waals surface area contributed by atoms with E-state index in [1.165, 1.54) is 14.7 Å². The lowest BCUT2D eigenvalue weighted by atomic mass is 10.1. The Labute approximate surface area is 209 Å². The van der Waals surface area contributed by atoms with E-state index in [-0.39, 0.29) is 18.5 Å². The van der Waals surface area contributed by atoms with Gasteiger partial charge in [0.2, 0.25) is 5.91 Å². The summed E-state index contributed by atoms with van der Waals surface area (Å²) in [5.41, 5.74) is 3.20. The van der Waals surface area contributed by atoms with Crippen molar-refractivity contribution in [1.29, 1.82) is 0 Å². The van der Waals surface area contributed by atoms with Crippen molar-refractivity contribution in [3.63, 3.8) is 0 Å². The van der Waals surface area contributed by atoms with Crippen LogP contribution in [0.25, 0.3) is 11.0 Å². The average Bonchev–Trinajstić information content (AvgIpc) is 2.89. The molecule has 1 atom stereocenters. The number of carbonyl (C=O) groups is 1. The first-order valence-electron chi connectivity index (χ1n) is 12.3. The van der Waals surface area contributed by atoms with E-state index in [1.54, 1.807) is 11.0 Å². The van der Waals surface area contributed by atoms with Crippen molar-refractivity contribution in [2.24, 2.45) is 0 Å². The van der Waals surface area contributed by atoms with Crippen molar-refractivity contribution in [3.8, 4) is 0 Å². The lowest BCUT2D eigenvalue weighted by Crippen LogP contribution is -2.55. The lowest BCUT2D eigenvalue weighted by molar-refractivity contribution is -0.132. The Hall–Kier alpha value is -4.13. The van der Waals surface area contributed by atoms with Gasteiger partial charge in [0.25, 0.3) is 0 Å². The van der Waals surface area contributed by atoms with Gasteiger partial charge in [-0.3, -0.25) is 23.5 Å². The zero-order valence-corrected chi connectivity index (χ0v) is 20.6. The first kappa shape index (κ1) is 23.6. The third kappa shape index (κ3) is 4.56. The number of para-hydroxylation sites is 2. The molecule has 1 aliphatic rings. The summed E-state index contributed by atoms with van der Waals surface area (Å²) in [4.78, 5) is 43.8. The highest BCUT2D eigenvalue weighted by molar-refractivity contribution is 5.80. The molecule has 0 saturated carbocycles.